The second-order valence-corrected chi connectivity index (χ2v) is 16.2. The summed E-state index contributed by atoms with van der Waals surface area (Å²) in [6.45, 7) is 0.605. The monoisotopic (exact) mass is 773 g/mol. The van der Waals surface area contributed by atoms with E-state index in [2.05, 4.69) is 187 Å². The van der Waals surface area contributed by atoms with Gasteiger partial charge < -0.3 is 9.30 Å². The first-order valence-electron chi connectivity index (χ1n) is 20.1. The number of para-hydroxylation sites is 2. The molecule has 0 amide bonds. The van der Waals surface area contributed by atoms with Crippen molar-refractivity contribution in [2.75, 3.05) is 6.61 Å². The number of benzene rings is 8. The maximum absolute atomic E-state index is 6.54. The summed E-state index contributed by atoms with van der Waals surface area (Å²) in [4.78, 5) is 10.8. The molecule has 278 valence electrons. The van der Waals surface area contributed by atoms with Crippen LogP contribution in [0.1, 0.15) is 5.56 Å². The first kappa shape index (κ1) is 33.8. The summed E-state index contributed by atoms with van der Waals surface area (Å²) >= 11 is 1.77. The van der Waals surface area contributed by atoms with Crippen LogP contribution < -0.4 is 4.74 Å². The average Bonchev–Trinajstić information content (AvgIpc) is 3.77. The third kappa shape index (κ3) is 5.58. The quantitative estimate of drug-likeness (QED) is 0.175. The summed E-state index contributed by atoms with van der Waals surface area (Å²) in [7, 11) is 0. The summed E-state index contributed by atoms with van der Waals surface area (Å²) in [6, 6.07) is 67.3. The summed E-state index contributed by atoms with van der Waals surface area (Å²) < 4.78 is 11.2. The molecule has 4 nitrogen and oxygen atoms in total. The van der Waals surface area contributed by atoms with Crippen molar-refractivity contribution in [3.63, 3.8) is 0 Å². The SMILES string of the molecule is c1ccc(-c2ccc3sc4c(-c5cccc6c5-c5cc(-c7ccc8c(c7)c7ccccc7n8-c7ccccc7)ccc5OCC6)nc(-c5ccccc5)nc4c3c2)cc1. The zero-order valence-corrected chi connectivity index (χ0v) is 32.8. The van der Waals surface area contributed by atoms with Crippen molar-refractivity contribution in [3.8, 4) is 67.5 Å². The van der Waals surface area contributed by atoms with Gasteiger partial charge in [0.25, 0.3) is 0 Å². The molecule has 0 spiro atoms. The lowest BCUT2D eigenvalue weighted by molar-refractivity contribution is 0.326. The number of nitrogens with zero attached hydrogens (tertiary/aromatic N) is 3. The minimum atomic E-state index is 0.605. The molecular formula is C54H35N3OS. The predicted molar refractivity (Wildman–Crippen MR) is 246 cm³/mol. The molecule has 0 radical (unpaired) electrons. The highest BCUT2D eigenvalue weighted by Gasteiger charge is 2.25. The Morgan fingerprint density at radius 1 is 0.492 bits per heavy atom. The lowest BCUT2D eigenvalue weighted by Gasteiger charge is -2.16. The number of fused-ring (bicyclic) bond motifs is 9. The second kappa shape index (κ2) is 13.7. The van der Waals surface area contributed by atoms with E-state index in [0.29, 0.717) is 6.61 Å². The molecular weight excluding hydrogens is 739 g/mol. The van der Waals surface area contributed by atoms with Gasteiger partial charge in [-0.05, 0) is 88.0 Å². The van der Waals surface area contributed by atoms with Gasteiger partial charge in [0.2, 0.25) is 0 Å². The Morgan fingerprint density at radius 3 is 2.02 bits per heavy atom. The van der Waals surface area contributed by atoms with Crippen LogP contribution in [0.15, 0.2) is 188 Å². The Kier molecular flexibility index (Phi) is 7.81. The van der Waals surface area contributed by atoms with Crippen molar-refractivity contribution in [2.45, 2.75) is 6.42 Å². The van der Waals surface area contributed by atoms with Gasteiger partial charge in [-0.15, -0.1) is 11.3 Å². The fourth-order valence-corrected chi connectivity index (χ4v) is 10.1. The molecule has 12 rings (SSSR count). The van der Waals surface area contributed by atoms with Crippen LogP contribution in [0.5, 0.6) is 5.75 Å². The number of thiophene rings is 1. The van der Waals surface area contributed by atoms with Crippen LogP contribution in [0.25, 0.3) is 104 Å². The zero-order valence-electron chi connectivity index (χ0n) is 32.0. The molecule has 0 fully saturated rings. The fourth-order valence-electron chi connectivity index (χ4n) is 8.99. The van der Waals surface area contributed by atoms with Gasteiger partial charge in [-0.1, -0.05) is 133 Å². The topological polar surface area (TPSA) is 39.9 Å². The Morgan fingerprint density at radius 2 is 1.17 bits per heavy atom. The largest absolute Gasteiger partial charge is 0.493 e. The van der Waals surface area contributed by atoms with Crippen LogP contribution in [-0.2, 0) is 6.42 Å². The average molecular weight is 774 g/mol. The molecule has 11 aromatic rings. The maximum Gasteiger partial charge on any atom is 0.160 e. The minimum absolute atomic E-state index is 0.605. The molecule has 0 N–H and O–H groups in total. The van der Waals surface area contributed by atoms with Crippen LogP contribution in [0.4, 0.5) is 0 Å². The molecule has 3 aromatic heterocycles. The van der Waals surface area contributed by atoms with Crippen LogP contribution >= 0.6 is 11.3 Å². The van der Waals surface area contributed by atoms with Crippen molar-refractivity contribution < 1.29 is 4.74 Å². The predicted octanol–water partition coefficient (Wildman–Crippen LogP) is 14.2. The van der Waals surface area contributed by atoms with Crippen LogP contribution in [-0.4, -0.2) is 21.1 Å². The first-order valence-corrected chi connectivity index (χ1v) is 20.9. The third-order valence-corrected chi connectivity index (χ3v) is 12.9. The van der Waals surface area contributed by atoms with E-state index in [-0.39, 0.29) is 0 Å². The molecule has 0 bridgehead atoms. The van der Waals surface area contributed by atoms with E-state index in [4.69, 9.17) is 14.7 Å². The normalized spacial score (nSPS) is 12.4. The lowest BCUT2D eigenvalue weighted by atomic mass is 9.89. The smallest absolute Gasteiger partial charge is 0.160 e. The van der Waals surface area contributed by atoms with Gasteiger partial charge in [-0.2, -0.15) is 0 Å². The van der Waals surface area contributed by atoms with E-state index < -0.39 is 0 Å². The van der Waals surface area contributed by atoms with Crippen LogP contribution in [0, 0.1) is 0 Å². The highest BCUT2D eigenvalue weighted by Crippen LogP contribution is 2.48. The first-order chi connectivity index (χ1) is 29.2. The minimum Gasteiger partial charge on any atom is -0.493 e. The van der Waals surface area contributed by atoms with E-state index >= 15 is 0 Å². The molecule has 0 atom stereocenters. The summed E-state index contributed by atoms with van der Waals surface area (Å²) in [5, 5.41) is 3.61. The molecule has 5 heteroatoms. The second-order valence-electron chi connectivity index (χ2n) is 15.2. The molecule has 1 aliphatic heterocycles. The standard InChI is InChI=1S/C54H35N3OS/c1-4-13-34(14-5-1)37-25-28-49-45(33-37)52-53(59-49)51(55-54(56-52)36-15-6-2-7-16-36)42-21-12-17-35-29-30-58-48-27-24-39(32-44(48)50(35)42)38-23-26-47-43(31-38)41-20-10-11-22-46(41)57(47)40-18-8-3-9-19-40/h1-28,31-33H,29-30H2. The maximum atomic E-state index is 6.54. The Hall–Kier alpha value is -7.34. The number of hydrogen-bond acceptors (Lipinski definition) is 4. The molecule has 0 saturated carbocycles. The number of aromatic nitrogens is 3. The van der Waals surface area contributed by atoms with Gasteiger partial charge in [-0.3, -0.25) is 0 Å². The highest BCUT2D eigenvalue weighted by atomic mass is 32.1. The van der Waals surface area contributed by atoms with Gasteiger partial charge in [0.1, 0.15) is 5.75 Å². The van der Waals surface area contributed by atoms with Crippen LogP contribution in [0.3, 0.4) is 0 Å². The molecule has 4 heterocycles. The van der Waals surface area contributed by atoms with E-state index in [1.165, 1.54) is 48.8 Å². The van der Waals surface area contributed by atoms with E-state index in [1.54, 1.807) is 11.3 Å². The molecule has 0 saturated heterocycles. The van der Waals surface area contributed by atoms with Gasteiger partial charge in [0.15, 0.2) is 5.82 Å². The Balaban J connectivity index is 1.07. The Labute approximate surface area is 345 Å². The molecule has 0 aliphatic carbocycles. The van der Waals surface area contributed by atoms with E-state index in [1.807, 2.05) is 6.07 Å². The van der Waals surface area contributed by atoms with Crippen molar-refractivity contribution in [3.05, 3.63) is 194 Å². The van der Waals surface area contributed by atoms with E-state index in [0.717, 1.165) is 72.8 Å². The number of rotatable bonds is 5. The van der Waals surface area contributed by atoms with Gasteiger partial charge in [0.05, 0.1) is 33.6 Å². The molecule has 59 heavy (non-hydrogen) atoms. The third-order valence-electron chi connectivity index (χ3n) is 11.8. The van der Waals surface area contributed by atoms with Gasteiger partial charge >= 0.3 is 0 Å². The van der Waals surface area contributed by atoms with Crippen molar-refractivity contribution >= 4 is 53.4 Å². The van der Waals surface area contributed by atoms with Crippen molar-refractivity contribution in [1.82, 2.24) is 14.5 Å². The number of ether oxygens (including phenoxy) is 1. The lowest BCUT2D eigenvalue weighted by Crippen LogP contribution is -1.99. The van der Waals surface area contributed by atoms with Crippen molar-refractivity contribution in [2.24, 2.45) is 0 Å². The van der Waals surface area contributed by atoms with Crippen molar-refractivity contribution in [1.29, 1.82) is 0 Å². The van der Waals surface area contributed by atoms with E-state index in [9.17, 15) is 0 Å². The van der Waals surface area contributed by atoms with Gasteiger partial charge in [-0.25, -0.2) is 9.97 Å². The summed E-state index contributed by atoms with van der Waals surface area (Å²) in [5.74, 6) is 1.61. The number of hydrogen-bond donors (Lipinski definition) is 0. The van der Waals surface area contributed by atoms with Crippen LogP contribution in [0.2, 0.25) is 0 Å². The van der Waals surface area contributed by atoms with Gasteiger partial charge in [0, 0.05) is 49.7 Å². The fraction of sp³-hybridized carbons (Fsp3) is 0.0370. The molecule has 8 aromatic carbocycles. The molecule has 1 aliphatic rings. The zero-order chi connectivity index (χ0) is 38.9. The summed E-state index contributed by atoms with van der Waals surface area (Å²) in [6.07, 6.45) is 0.796. The summed E-state index contributed by atoms with van der Waals surface area (Å²) in [5.41, 5.74) is 15.7. The molecule has 0 unspecified atom stereocenters. The Bertz CT molecular complexity index is 3410. The highest BCUT2D eigenvalue weighted by molar-refractivity contribution is 7.26.